The molecule has 1 saturated carbocycles. The van der Waals surface area contributed by atoms with Crippen molar-refractivity contribution in [1.82, 2.24) is 5.32 Å². The SMILES string of the molecule is Cc1ccc(-c2ccc(F)cc2CNC2CC2)cc1F. The quantitative estimate of drug-likeness (QED) is 0.880. The molecule has 104 valence electrons. The summed E-state index contributed by atoms with van der Waals surface area (Å²) in [5.41, 5.74) is 3.17. The first-order valence-electron chi connectivity index (χ1n) is 6.92. The van der Waals surface area contributed by atoms with Crippen LogP contribution in [0.3, 0.4) is 0 Å². The van der Waals surface area contributed by atoms with Crippen molar-refractivity contribution >= 4 is 0 Å². The Bertz CT molecular complexity index is 633. The molecule has 0 saturated heterocycles. The summed E-state index contributed by atoms with van der Waals surface area (Å²) < 4.78 is 27.2. The molecular formula is C17H17F2N. The van der Waals surface area contributed by atoms with E-state index in [0.717, 1.165) is 16.7 Å². The van der Waals surface area contributed by atoms with Crippen LogP contribution in [0.1, 0.15) is 24.0 Å². The lowest BCUT2D eigenvalue weighted by Gasteiger charge is -2.11. The van der Waals surface area contributed by atoms with Gasteiger partial charge in [0.15, 0.2) is 0 Å². The Labute approximate surface area is 117 Å². The molecule has 1 aliphatic rings. The van der Waals surface area contributed by atoms with Gasteiger partial charge in [-0.2, -0.15) is 0 Å². The van der Waals surface area contributed by atoms with Gasteiger partial charge in [0, 0.05) is 12.6 Å². The number of benzene rings is 2. The molecule has 1 nitrogen and oxygen atoms in total. The van der Waals surface area contributed by atoms with Gasteiger partial charge in [0.05, 0.1) is 0 Å². The Hall–Kier alpha value is -1.74. The standard InChI is InChI=1S/C17H17F2N/c1-11-2-3-12(9-17(11)19)16-7-4-14(18)8-13(16)10-20-15-5-6-15/h2-4,7-9,15,20H,5-6,10H2,1H3. The van der Waals surface area contributed by atoms with E-state index in [2.05, 4.69) is 5.32 Å². The van der Waals surface area contributed by atoms with E-state index in [9.17, 15) is 8.78 Å². The predicted octanol–water partition coefficient (Wildman–Crippen LogP) is 4.19. The second kappa shape index (κ2) is 5.33. The van der Waals surface area contributed by atoms with Gasteiger partial charge in [-0.05, 0) is 60.2 Å². The summed E-state index contributed by atoms with van der Waals surface area (Å²) in [7, 11) is 0. The molecule has 2 aromatic rings. The Morgan fingerprint density at radius 1 is 1.10 bits per heavy atom. The van der Waals surface area contributed by atoms with Crippen LogP contribution in [0, 0.1) is 18.6 Å². The van der Waals surface area contributed by atoms with Gasteiger partial charge in [-0.3, -0.25) is 0 Å². The van der Waals surface area contributed by atoms with E-state index in [1.807, 2.05) is 6.07 Å². The topological polar surface area (TPSA) is 12.0 Å². The first kappa shape index (κ1) is 13.3. The molecule has 20 heavy (non-hydrogen) atoms. The lowest BCUT2D eigenvalue weighted by Crippen LogP contribution is -2.16. The molecule has 0 amide bonds. The molecule has 3 rings (SSSR count). The zero-order valence-electron chi connectivity index (χ0n) is 11.4. The summed E-state index contributed by atoms with van der Waals surface area (Å²) in [4.78, 5) is 0. The first-order chi connectivity index (χ1) is 9.63. The Kier molecular flexibility index (Phi) is 3.53. The molecular weight excluding hydrogens is 256 g/mol. The second-order valence-corrected chi connectivity index (χ2v) is 5.42. The maximum absolute atomic E-state index is 13.7. The Balaban J connectivity index is 1.95. The van der Waals surface area contributed by atoms with Gasteiger partial charge >= 0.3 is 0 Å². The fraction of sp³-hybridized carbons (Fsp3) is 0.294. The first-order valence-corrected chi connectivity index (χ1v) is 6.92. The van der Waals surface area contributed by atoms with Crippen molar-refractivity contribution in [2.24, 2.45) is 0 Å². The monoisotopic (exact) mass is 273 g/mol. The second-order valence-electron chi connectivity index (χ2n) is 5.42. The van der Waals surface area contributed by atoms with E-state index < -0.39 is 0 Å². The minimum atomic E-state index is -0.256. The zero-order chi connectivity index (χ0) is 14.1. The van der Waals surface area contributed by atoms with Crippen molar-refractivity contribution in [2.45, 2.75) is 32.4 Å². The van der Waals surface area contributed by atoms with Crippen molar-refractivity contribution in [2.75, 3.05) is 0 Å². The van der Waals surface area contributed by atoms with E-state index in [-0.39, 0.29) is 11.6 Å². The van der Waals surface area contributed by atoms with Gasteiger partial charge in [0.25, 0.3) is 0 Å². The molecule has 0 aromatic heterocycles. The third-order valence-corrected chi connectivity index (χ3v) is 3.71. The molecule has 1 fully saturated rings. The summed E-state index contributed by atoms with van der Waals surface area (Å²) in [6.07, 6.45) is 2.37. The van der Waals surface area contributed by atoms with Crippen LogP contribution in [0.15, 0.2) is 36.4 Å². The maximum Gasteiger partial charge on any atom is 0.126 e. The highest BCUT2D eigenvalue weighted by atomic mass is 19.1. The summed E-state index contributed by atoms with van der Waals surface area (Å²) in [6.45, 7) is 2.35. The molecule has 2 aromatic carbocycles. The smallest absolute Gasteiger partial charge is 0.126 e. The summed E-state index contributed by atoms with van der Waals surface area (Å²) in [5.74, 6) is -0.484. The molecule has 0 atom stereocenters. The molecule has 1 N–H and O–H groups in total. The normalized spacial score (nSPS) is 14.6. The zero-order valence-corrected chi connectivity index (χ0v) is 11.4. The third kappa shape index (κ3) is 2.88. The van der Waals surface area contributed by atoms with Crippen LogP contribution < -0.4 is 5.32 Å². The van der Waals surface area contributed by atoms with Gasteiger partial charge in [-0.15, -0.1) is 0 Å². The molecule has 0 heterocycles. The highest BCUT2D eigenvalue weighted by molar-refractivity contribution is 5.67. The van der Waals surface area contributed by atoms with Gasteiger partial charge in [0.2, 0.25) is 0 Å². The summed E-state index contributed by atoms with van der Waals surface area (Å²) in [5, 5.41) is 3.38. The minimum absolute atomic E-state index is 0.229. The summed E-state index contributed by atoms with van der Waals surface area (Å²) >= 11 is 0. The van der Waals surface area contributed by atoms with Crippen LogP contribution in [-0.4, -0.2) is 6.04 Å². The number of halogens is 2. The number of hydrogen-bond donors (Lipinski definition) is 1. The molecule has 0 bridgehead atoms. The molecule has 0 spiro atoms. The van der Waals surface area contributed by atoms with Crippen LogP contribution in [0.5, 0.6) is 0 Å². The fourth-order valence-corrected chi connectivity index (χ4v) is 2.29. The van der Waals surface area contributed by atoms with Crippen LogP contribution in [0.4, 0.5) is 8.78 Å². The van der Waals surface area contributed by atoms with Crippen LogP contribution in [0.2, 0.25) is 0 Å². The average Bonchev–Trinajstić information content (AvgIpc) is 3.24. The van der Waals surface area contributed by atoms with Crippen molar-refractivity contribution in [1.29, 1.82) is 0 Å². The van der Waals surface area contributed by atoms with E-state index >= 15 is 0 Å². The molecule has 3 heteroatoms. The molecule has 0 unspecified atom stereocenters. The van der Waals surface area contributed by atoms with E-state index in [1.165, 1.54) is 31.0 Å². The van der Waals surface area contributed by atoms with E-state index in [0.29, 0.717) is 18.2 Å². The fourth-order valence-electron chi connectivity index (χ4n) is 2.29. The average molecular weight is 273 g/mol. The van der Waals surface area contributed by atoms with Crippen molar-refractivity contribution in [3.05, 3.63) is 59.2 Å². The van der Waals surface area contributed by atoms with E-state index in [4.69, 9.17) is 0 Å². The lowest BCUT2D eigenvalue weighted by atomic mass is 9.98. The van der Waals surface area contributed by atoms with Gasteiger partial charge in [0.1, 0.15) is 11.6 Å². The highest BCUT2D eigenvalue weighted by Gasteiger charge is 2.20. The maximum atomic E-state index is 13.7. The van der Waals surface area contributed by atoms with Crippen molar-refractivity contribution < 1.29 is 8.78 Å². The van der Waals surface area contributed by atoms with Gasteiger partial charge < -0.3 is 5.32 Å². The molecule has 1 aliphatic carbocycles. The number of hydrogen-bond acceptors (Lipinski definition) is 1. The van der Waals surface area contributed by atoms with Crippen molar-refractivity contribution in [3.8, 4) is 11.1 Å². The molecule has 0 radical (unpaired) electrons. The van der Waals surface area contributed by atoms with Gasteiger partial charge in [-0.25, -0.2) is 8.78 Å². The van der Waals surface area contributed by atoms with Crippen LogP contribution >= 0.6 is 0 Å². The van der Waals surface area contributed by atoms with Crippen LogP contribution in [-0.2, 0) is 6.54 Å². The number of aryl methyl sites for hydroxylation is 1. The third-order valence-electron chi connectivity index (χ3n) is 3.71. The largest absolute Gasteiger partial charge is 0.310 e. The Morgan fingerprint density at radius 3 is 2.60 bits per heavy atom. The highest BCUT2D eigenvalue weighted by Crippen LogP contribution is 2.27. The number of rotatable bonds is 4. The minimum Gasteiger partial charge on any atom is -0.310 e. The van der Waals surface area contributed by atoms with Crippen molar-refractivity contribution in [3.63, 3.8) is 0 Å². The Morgan fingerprint density at radius 2 is 1.90 bits per heavy atom. The summed E-state index contributed by atoms with van der Waals surface area (Å²) in [6, 6.07) is 10.4. The number of nitrogens with one attached hydrogen (secondary N) is 1. The van der Waals surface area contributed by atoms with Gasteiger partial charge in [-0.1, -0.05) is 18.2 Å². The van der Waals surface area contributed by atoms with E-state index in [1.54, 1.807) is 19.1 Å². The van der Waals surface area contributed by atoms with Crippen LogP contribution in [0.25, 0.3) is 11.1 Å². The predicted molar refractivity (Wildman–Crippen MR) is 76.4 cm³/mol. The lowest BCUT2D eigenvalue weighted by molar-refractivity contribution is 0.618. The molecule has 0 aliphatic heterocycles.